The molecule has 0 aliphatic carbocycles. The van der Waals surface area contributed by atoms with Crippen molar-refractivity contribution in [1.82, 2.24) is 4.90 Å². The first kappa shape index (κ1) is 15.7. The molecular formula is C19H17F2N3O. The van der Waals surface area contributed by atoms with Crippen LogP contribution in [0.1, 0.15) is 28.8 Å². The molecule has 0 radical (unpaired) electrons. The number of rotatable bonds is 2. The summed E-state index contributed by atoms with van der Waals surface area (Å²) in [6.07, 6.45) is 3.52. The van der Waals surface area contributed by atoms with Crippen LogP contribution in [-0.2, 0) is 6.54 Å². The van der Waals surface area contributed by atoms with Crippen molar-refractivity contribution in [3.8, 4) is 0 Å². The lowest BCUT2D eigenvalue weighted by Gasteiger charge is -2.25. The van der Waals surface area contributed by atoms with Crippen LogP contribution in [0.5, 0.6) is 0 Å². The summed E-state index contributed by atoms with van der Waals surface area (Å²) < 4.78 is 27.8. The monoisotopic (exact) mass is 341 g/mol. The normalized spacial score (nSPS) is 16.2. The van der Waals surface area contributed by atoms with E-state index >= 15 is 0 Å². The Labute approximate surface area is 144 Å². The molecule has 0 spiro atoms. The fourth-order valence-corrected chi connectivity index (χ4v) is 3.28. The molecule has 0 saturated carbocycles. The molecule has 25 heavy (non-hydrogen) atoms. The third-order valence-corrected chi connectivity index (χ3v) is 4.61. The SMILES string of the molecule is O=C(c1ccc(F)c(N2C=Nc3ccc(F)cc3C2)c1)N1CCCC1. The number of benzene rings is 2. The fourth-order valence-electron chi connectivity index (χ4n) is 3.28. The van der Waals surface area contributed by atoms with Gasteiger partial charge in [-0.25, -0.2) is 13.8 Å². The van der Waals surface area contributed by atoms with E-state index in [2.05, 4.69) is 4.99 Å². The highest BCUT2D eigenvalue weighted by Crippen LogP contribution is 2.30. The predicted molar refractivity (Wildman–Crippen MR) is 92.3 cm³/mol. The van der Waals surface area contributed by atoms with E-state index in [-0.39, 0.29) is 17.4 Å². The lowest BCUT2D eigenvalue weighted by atomic mass is 10.1. The van der Waals surface area contributed by atoms with Gasteiger partial charge in [0.05, 0.1) is 24.3 Å². The lowest BCUT2D eigenvalue weighted by molar-refractivity contribution is 0.0793. The summed E-state index contributed by atoms with van der Waals surface area (Å²) in [5.41, 5.74) is 2.07. The van der Waals surface area contributed by atoms with Gasteiger partial charge >= 0.3 is 0 Å². The smallest absolute Gasteiger partial charge is 0.253 e. The van der Waals surface area contributed by atoms with Gasteiger partial charge in [0.25, 0.3) is 5.91 Å². The van der Waals surface area contributed by atoms with Crippen molar-refractivity contribution < 1.29 is 13.6 Å². The quantitative estimate of drug-likeness (QED) is 0.831. The van der Waals surface area contributed by atoms with E-state index in [1.807, 2.05) is 0 Å². The molecule has 0 N–H and O–H groups in total. The Balaban J connectivity index is 1.64. The molecule has 4 nitrogen and oxygen atoms in total. The molecule has 1 saturated heterocycles. The van der Waals surface area contributed by atoms with E-state index in [0.717, 1.165) is 25.9 Å². The summed E-state index contributed by atoms with van der Waals surface area (Å²) in [6, 6.07) is 8.70. The third kappa shape index (κ3) is 2.99. The summed E-state index contributed by atoms with van der Waals surface area (Å²) in [7, 11) is 0. The minimum atomic E-state index is -0.440. The van der Waals surface area contributed by atoms with Gasteiger partial charge in [-0.1, -0.05) is 0 Å². The Kier molecular flexibility index (Phi) is 3.95. The van der Waals surface area contributed by atoms with E-state index < -0.39 is 5.82 Å². The van der Waals surface area contributed by atoms with Crippen molar-refractivity contribution in [2.75, 3.05) is 18.0 Å². The molecule has 2 aliphatic heterocycles. The Morgan fingerprint density at radius 1 is 1.04 bits per heavy atom. The summed E-state index contributed by atoms with van der Waals surface area (Å²) in [4.78, 5) is 20.2. The van der Waals surface area contributed by atoms with Crippen LogP contribution in [0.2, 0.25) is 0 Å². The third-order valence-electron chi connectivity index (χ3n) is 4.61. The fraction of sp³-hybridized carbons (Fsp3) is 0.263. The zero-order valence-electron chi connectivity index (χ0n) is 13.6. The van der Waals surface area contributed by atoms with E-state index in [1.54, 1.807) is 21.9 Å². The maximum absolute atomic E-state index is 14.3. The van der Waals surface area contributed by atoms with Crippen LogP contribution in [0.25, 0.3) is 0 Å². The number of carbonyl (C=O) groups is 1. The summed E-state index contributed by atoms with van der Waals surface area (Å²) in [5.74, 6) is -0.877. The number of aliphatic imine (C=N–C) groups is 1. The molecule has 0 bridgehead atoms. The van der Waals surface area contributed by atoms with Gasteiger partial charge in [-0.05, 0) is 49.2 Å². The Morgan fingerprint density at radius 2 is 1.84 bits per heavy atom. The molecular weight excluding hydrogens is 324 g/mol. The molecule has 2 aromatic carbocycles. The molecule has 6 heteroatoms. The standard InChI is InChI=1S/C19H17F2N3O/c20-15-4-6-17-14(9-15)11-24(12-22-17)18-10-13(3-5-16(18)21)19(25)23-7-1-2-8-23/h3-6,9-10,12H,1-2,7-8,11H2. The van der Waals surface area contributed by atoms with Crippen LogP contribution < -0.4 is 4.90 Å². The van der Waals surface area contributed by atoms with Crippen LogP contribution >= 0.6 is 0 Å². The maximum Gasteiger partial charge on any atom is 0.253 e. The number of fused-ring (bicyclic) bond motifs is 1. The second-order valence-corrected chi connectivity index (χ2v) is 6.31. The average molecular weight is 341 g/mol. The van der Waals surface area contributed by atoms with E-state index in [1.165, 1.54) is 30.6 Å². The molecule has 2 aliphatic rings. The molecule has 4 rings (SSSR count). The first-order valence-electron chi connectivity index (χ1n) is 8.30. The van der Waals surface area contributed by atoms with Crippen molar-refractivity contribution in [2.24, 2.45) is 4.99 Å². The number of halogens is 2. The number of anilines is 1. The predicted octanol–water partition coefficient (Wildman–Crippen LogP) is 3.88. The number of carbonyl (C=O) groups excluding carboxylic acids is 1. The minimum absolute atomic E-state index is 0.0841. The topological polar surface area (TPSA) is 35.9 Å². The Hall–Kier alpha value is -2.76. The van der Waals surface area contributed by atoms with E-state index in [0.29, 0.717) is 23.4 Å². The van der Waals surface area contributed by atoms with E-state index in [4.69, 9.17) is 0 Å². The maximum atomic E-state index is 14.3. The van der Waals surface area contributed by atoms with Gasteiger partial charge < -0.3 is 9.80 Å². The van der Waals surface area contributed by atoms with Crippen LogP contribution in [0, 0.1) is 11.6 Å². The number of nitrogens with zero attached hydrogens (tertiary/aromatic N) is 3. The first-order chi connectivity index (χ1) is 12.1. The zero-order chi connectivity index (χ0) is 17.4. The van der Waals surface area contributed by atoms with Crippen LogP contribution in [-0.4, -0.2) is 30.2 Å². The number of likely N-dealkylation sites (tertiary alicyclic amines) is 1. The van der Waals surface area contributed by atoms with Gasteiger partial charge in [0.1, 0.15) is 11.6 Å². The van der Waals surface area contributed by atoms with Crippen LogP contribution in [0.15, 0.2) is 41.4 Å². The first-order valence-corrected chi connectivity index (χ1v) is 8.30. The van der Waals surface area contributed by atoms with Gasteiger partial charge in [0.2, 0.25) is 0 Å². The van der Waals surface area contributed by atoms with Gasteiger partial charge in [-0.15, -0.1) is 0 Å². The van der Waals surface area contributed by atoms with E-state index in [9.17, 15) is 13.6 Å². The van der Waals surface area contributed by atoms with Gasteiger partial charge in [0.15, 0.2) is 0 Å². The molecule has 128 valence electrons. The van der Waals surface area contributed by atoms with Gasteiger partial charge in [-0.3, -0.25) is 4.79 Å². The summed E-state index contributed by atoms with van der Waals surface area (Å²) in [5, 5.41) is 0. The highest BCUT2D eigenvalue weighted by Gasteiger charge is 2.22. The zero-order valence-corrected chi connectivity index (χ0v) is 13.6. The van der Waals surface area contributed by atoms with Crippen molar-refractivity contribution in [3.63, 3.8) is 0 Å². The molecule has 0 atom stereocenters. The number of hydrogen-bond acceptors (Lipinski definition) is 3. The molecule has 2 heterocycles. The van der Waals surface area contributed by atoms with Gasteiger partial charge in [0, 0.05) is 24.2 Å². The van der Waals surface area contributed by atoms with Crippen LogP contribution in [0.3, 0.4) is 0 Å². The van der Waals surface area contributed by atoms with Crippen LogP contribution in [0.4, 0.5) is 20.2 Å². The summed E-state index contributed by atoms with van der Waals surface area (Å²) >= 11 is 0. The minimum Gasteiger partial charge on any atom is -0.339 e. The Morgan fingerprint density at radius 3 is 2.64 bits per heavy atom. The van der Waals surface area contributed by atoms with Crippen molar-refractivity contribution in [3.05, 3.63) is 59.2 Å². The second kappa shape index (κ2) is 6.27. The number of amides is 1. The molecule has 0 unspecified atom stereocenters. The highest BCUT2D eigenvalue weighted by atomic mass is 19.1. The highest BCUT2D eigenvalue weighted by molar-refractivity contribution is 5.96. The Bertz CT molecular complexity index is 860. The number of hydrogen-bond donors (Lipinski definition) is 0. The van der Waals surface area contributed by atoms with Crippen molar-refractivity contribution >= 4 is 23.6 Å². The second-order valence-electron chi connectivity index (χ2n) is 6.31. The van der Waals surface area contributed by atoms with Crippen molar-refractivity contribution in [1.29, 1.82) is 0 Å². The molecule has 0 aromatic heterocycles. The van der Waals surface area contributed by atoms with Gasteiger partial charge in [-0.2, -0.15) is 0 Å². The lowest BCUT2D eigenvalue weighted by Crippen LogP contribution is -2.28. The summed E-state index contributed by atoms with van der Waals surface area (Å²) in [6.45, 7) is 1.78. The molecule has 2 aromatic rings. The molecule has 1 amide bonds. The largest absolute Gasteiger partial charge is 0.339 e. The average Bonchev–Trinajstić information content (AvgIpc) is 3.15. The molecule has 1 fully saturated rings. The van der Waals surface area contributed by atoms with Crippen molar-refractivity contribution in [2.45, 2.75) is 19.4 Å².